The number of carbonyl (C=O) groups excluding carboxylic acids is 1. The fourth-order valence-electron chi connectivity index (χ4n) is 2.64. The van der Waals surface area contributed by atoms with Crippen LogP contribution in [0.15, 0.2) is 33.7 Å². The lowest BCUT2D eigenvalue weighted by atomic mass is 9.99. The van der Waals surface area contributed by atoms with Gasteiger partial charge in [0, 0.05) is 23.8 Å². The molecule has 23 heavy (non-hydrogen) atoms. The fraction of sp³-hybridized carbons (Fsp3) is 0.412. The van der Waals surface area contributed by atoms with Gasteiger partial charge in [-0.25, -0.2) is 0 Å². The SMILES string of the molecule is CC[S@](=O)c1ccccc1C(=O)NC[C@H](C)c1c(C)noc1C. The number of carbonyl (C=O) groups is 1. The van der Waals surface area contributed by atoms with Gasteiger partial charge in [-0.3, -0.25) is 9.00 Å². The summed E-state index contributed by atoms with van der Waals surface area (Å²) in [5, 5.41) is 6.86. The zero-order chi connectivity index (χ0) is 17.0. The van der Waals surface area contributed by atoms with Crippen LogP contribution in [-0.4, -0.2) is 27.6 Å². The molecule has 1 amide bonds. The predicted octanol–water partition coefficient (Wildman–Crippen LogP) is 2.95. The van der Waals surface area contributed by atoms with Crippen LogP contribution >= 0.6 is 0 Å². The number of benzene rings is 1. The second-order valence-electron chi connectivity index (χ2n) is 5.48. The van der Waals surface area contributed by atoms with Crippen molar-refractivity contribution in [2.24, 2.45) is 0 Å². The van der Waals surface area contributed by atoms with Crippen molar-refractivity contribution in [3.8, 4) is 0 Å². The minimum absolute atomic E-state index is 0.0917. The van der Waals surface area contributed by atoms with Crippen LogP contribution in [0.2, 0.25) is 0 Å². The Bertz CT molecular complexity index is 705. The monoisotopic (exact) mass is 334 g/mol. The molecule has 124 valence electrons. The fourth-order valence-corrected chi connectivity index (χ4v) is 3.59. The van der Waals surface area contributed by atoms with E-state index in [2.05, 4.69) is 10.5 Å². The van der Waals surface area contributed by atoms with Crippen LogP contribution in [0.3, 0.4) is 0 Å². The van der Waals surface area contributed by atoms with Gasteiger partial charge in [0.15, 0.2) is 0 Å². The lowest BCUT2D eigenvalue weighted by molar-refractivity contribution is 0.0948. The smallest absolute Gasteiger partial charge is 0.252 e. The summed E-state index contributed by atoms with van der Waals surface area (Å²) in [5.74, 6) is 1.14. The predicted molar refractivity (Wildman–Crippen MR) is 90.1 cm³/mol. The van der Waals surface area contributed by atoms with E-state index in [1.54, 1.807) is 24.3 Å². The number of hydrogen-bond donors (Lipinski definition) is 1. The molecule has 0 aliphatic rings. The van der Waals surface area contributed by atoms with E-state index in [1.165, 1.54) is 0 Å². The Kier molecular flexibility index (Phi) is 5.71. The molecule has 0 radical (unpaired) electrons. The standard InChI is InChI=1S/C17H22N2O3S/c1-5-23(21)15-9-7-6-8-14(15)17(20)18-10-11(2)16-12(3)19-22-13(16)4/h6-9,11H,5,10H2,1-4H3,(H,18,20)/t11-,23-/m0/s1. The first-order valence-corrected chi connectivity index (χ1v) is 8.96. The van der Waals surface area contributed by atoms with Crippen molar-refractivity contribution in [2.45, 2.75) is 38.5 Å². The lowest BCUT2D eigenvalue weighted by Gasteiger charge is -2.14. The quantitative estimate of drug-likeness (QED) is 0.881. The first-order chi connectivity index (χ1) is 11.0. The van der Waals surface area contributed by atoms with Crippen LogP contribution < -0.4 is 5.32 Å². The molecule has 2 atom stereocenters. The Balaban J connectivity index is 2.10. The second kappa shape index (κ2) is 7.55. The minimum Gasteiger partial charge on any atom is -0.361 e. The van der Waals surface area contributed by atoms with Gasteiger partial charge in [0.05, 0.1) is 27.0 Å². The molecular weight excluding hydrogens is 312 g/mol. The molecule has 1 aromatic carbocycles. The van der Waals surface area contributed by atoms with E-state index in [4.69, 9.17) is 4.52 Å². The molecule has 0 aliphatic carbocycles. The van der Waals surface area contributed by atoms with Crippen molar-refractivity contribution < 1.29 is 13.5 Å². The Morgan fingerprint density at radius 3 is 2.65 bits per heavy atom. The summed E-state index contributed by atoms with van der Waals surface area (Å²) < 4.78 is 17.2. The number of hydrogen-bond acceptors (Lipinski definition) is 4. The van der Waals surface area contributed by atoms with Crippen molar-refractivity contribution in [3.05, 3.63) is 46.8 Å². The maximum Gasteiger partial charge on any atom is 0.252 e. The van der Waals surface area contributed by atoms with E-state index in [0.29, 0.717) is 22.8 Å². The second-order valence-corrected chi connectivity index (χ2v) is 7.19. The van der Waals surface area contributed by atoms with Gasteiger partial charge in [-0.1, -0.05) is 31.1 Å². The summed E-state index contributed by atoms with van der Waals surface area (Å²) in [6, 6.07) is 7.03. The topological polar surface area (TPSA) is 72.2 Å². The highest BCUT2D eigenvalue weighted by Gasteiger charge is 2.19. The zero-order valence-electron chi connectivity index (χ0n) is 13.9. The first-order valence-electron chi connectivity index (χ1n) is 7.64. The van der Waals surface area contributed by atoms with Crippen LogP contribution in [0.4, 0.5) is 0 Å². The number of aromatic nitrogens is 1. The normalized spacial score (nSPS) is 13.6. The Morgan fingerprint density at radius 2 is 2.04 bits per heavy atom. The van der Waals surface area contributed by atoms with Gasteiger partial charge in [0.25, 0.3) is 5.91 Å². The first kappa shape index (κ1) is 17.4. The van der Waals surface area contributed by atoms with Gasteiger partial charge < -0.3 is 9.84 Å². The summed E-state index contributed by atoms with van der Waals surface area (Å²) >= 11 is 0. The molecular formula is C17H22N2O3S. The molecule has 5 nitrogen and oxygen atoms in total. The number of nitrogens with one attached hydrogen (secondary N) is 1. The van der Waals surface area contributed by atoms with E-state index in [-0.39, 0.29) is 11.8 Å². The number of amides is 1. The van der Waals surface area contributed by atoms with Gasteiger partial charge in [-0.15, -0.1) is 0 Å². The summed E-state index contributed by atoms with van der Waals surface area (Å²) in [6.07, 6.45) is 0. The molecule has 0 unspecified atom stereocenters. The number of nitrogens with zero attached hydrogens (tertiary/aromatic N) is 1. The van der Waals surface area contributed by atoms with E-state index in [0.717, 1.165) is 17.0 Å². The molecule has 2 aromatic rings. The maximum absolute atomic E-state index is 12.4. The maximum atomic E-state index is 12.4. The van der Waals surface area contributed by atoms with E-state index in [9.17, 15) is 9.00 Å². The van der Waals surface area contributed by atoms with E-state index >= 15 is 0 Å². The van der Waals surface area contributed by atoms with Gasteiger partial charge in [-0.2, -0.15) is 0 Å². The van der Waals surface area contributed by atoms with Crippen molar-refractivity contribution in [1.82, 2.24) is 10.5 Å². The summed E-state index contributed by atoms with van der Waals surface area (Å²) in [5.41, 5.74) is 2.34. The third kappa shape index (κ3) is 3.88. The summed E-state index contributed by atoms with van der Waals surface area (Å²) in [4.78, 5) is 13.0. The number of rotatable bonds is 6. The molecule has 0 bridgehead atoms. The van der Waals surface area contributed by atoms with Crippen molar-refractivity contribution >= 4 is 16.7 Å². The summed E-state index contributed by atoms with van der Waals surface area (Å²) in [6.45, 7) is 8.08. The van der Waals surface area contributed by atoms with Gasteiger partial charge in [-0.05, 0) is 26.0 Å². The van der Waals surface area contributed by atoms with Crippen molar-refractivity contribution in [2.75, 3.05) is 12.3 Å². The van der Waals surface area contributed by atoms with Crippen LogP contribution in [0.1, 0.15) is 47.1 Å². The lowest BCUT2D eigenvalue weighted by Crippen LogP contribution is -2.28. The highest BCUT2D eigenvalue weighted by atomic mass is 32.2. The molecule has 0 fully saturated rings. The van der Waals surface area contributed by atoms with E-state index in [1.807, 2.05) is 27.7 Å². The third-order valence-electron chi connectivity index (χ3n) is 3.79. The van der Waals surface area contributed by atoms with Gasteiger partial charge in [0.2, 0.25) is 0 Å². The molecule has 0 spiro atoms. The Morgan fingerprint density at radius 1 is 1.35 bits per heavy atom. The Hall–Kier alpha value is -1.95. The van der Waals surface area contributed by atoms with Gasteiger partial charge >= 0.3 is 0 Å². The number of aryl methyl sites for hydroxylation is 2. The zero-order valence-corrected chi connectivity index (χ0v) is 14.7. The molecule has 1 aromatic heterocycles. The minimum atomic E-state index is -1.16. The van der Waals surface area contributed by atoms with Crippen LogP contribution in [0, 0.1) is 13.8 Å². The van der Waals surface area contributed by atoms with Crippen LogP contribution in [0.5, 0.6) is 0 Å². The molecule has 6 heteroatoms. The molecule has 1 heterocycles. The average molecular weight is 334 g/mol. The highest BCUT2D eigenvalue weighted by Crippen LogP contribution is 2.22. The van der Waals surface area contributed by atoms with Crippen LogP contribution in [0.25, 0.3) is 0 Å². The molecule has 0 aliphatic heterocycles. The highest BCUT2D eigenvalue weighted by molar-refractivity contribution is 7.85. The van der Waals surface area contributed by atoms with Crippen LogP contribution in [-0.2, 0) is 10.8 Å². The van der Waals surface area contributed by atoms with E-state index < -0.39 is 10.8 Å². The van der Waals surface area contributed by atoms with Crippen molar-refractivity contribution in [3.63, 3.8) is 0 Å². The molecule has 1 N–H and O–H groups in total. The van der Waals surface area contributed by atoms with Crippen molar-refractivity contribution in [1.29, 1.82) is 0 Å². The largest absolute Gasteiger partial charge is 0.361 e. The molecule has 0 saturated carbocycles. The Labute approximate surface area is 138 Å². The average Bonchev–Trinajstić information content (AvgIpc) is 2.90. The molecule has 2 rings (SSSR count). The third-order valence-corrected chi connectivity index (χ3v) is 5.16. The van der Waals surface area contributed by atoms with Gasteiger partial charge in [0.1, 0.15) is 5.76 Å². The molecule has 0 saturated heterocycles. The summed E-state index contributed by atoms with van der Waals surface area (Å²) in [7, 11) is -1.16.